The largest absolute Gasteiger partial charge is 0.465 e. The van der Waals surface area contributed by atoms with E-state index in [9.17, 15) is 9.18 Å². The third-order valence-electron chi connectivity index (χ3n) is 3.11. The Hall–Kier alpha value is -2.07. The second kappa shape index (κ2) is 6.59. The molecule has 0 amide bonds. The lowest BCUT2D eigenvalue weighted by Crippen LogP contribution is -2.12. The molecule has 1 N–H and O–H groups in total. The second-order valence-corrected chi connectivity index (χ2v) is 5.04. The third kappa shape index (κ3) is 3.73. The van der Waals surface area contributed by atoms with Crippen LogP contribution in [-0.4, -0.2) is 13.1 Å². The van der Waals surface area contributed by atoms with Crippen LogP contribution in [0.25, 0.3) is 0 Å². The van der Waals surface area contributed by atoms with E-state index in [2.05, 4.69) is 5.32 Å². The Morgan fingerprint density at radius 2 is 2.05 bits per heavy atom. The Labute approximate surface area is 127 Å². The minimum atomic E-state index is -0.458. The fourth-order valence-electron chi connectivity index (χ4n) is 2.02. The monoisotopic (exact) mass is 307 g/mol. The van der Waals surface area contributed by atoms with Crippen LogP contribution in [0.1, 0.15) is 28.9 Å². The van der Waals surface area contributed by atoms with E-state index in [0.29, 0.717) is 16.3 Å². The predicted octanol–water partition coefficient (Wildman–Crippen LogP) is 4.44. The molecule has 0 saturated heterocycles. The van der Waals surface area contributed by atoms with Gasteiger partial charge in [0, 0.05) is 11.1 Å². The Morgan fingerprint density at radius 3 is 2.71 bits per heavy atom. The average Bonchev–Trinajstić information content (AvgIpc) is 2.46. The lowest BCUT2D eigenvalue weighted by atomic mass is 10.1. The zero-order valence-electron chi connectivity index (χ0n) is 11.7. The summed E-state index contributed by atoms with van der Waals surface area (Å²) >= 11 is 5.97. The van der Waals surface area contributed by atoms with E-state index < -0.39 is 5.97 Å². The van der Waals surface area contributed by atoms with Gasteiger partial charge in [0.05, 0.1) is 18.4 Å². The highest BCUT2D eigenvalue weighted by Gasteiger charge is 2.15. The van der Waals surface area contributed by atoms with Crippen LogP contribution in [0.3, 0.4) is 0 Å². The summed E-state index contributed by atoms with van der Waals surface area (Å²) in [6.45, 7) is 1.87. The van der Waals surface area contributed by atoms with Crippen LogP contribution in [0.5, 0.6) is 0 Å². The number of anilines is 1. The quantitative estimate of drug-likeness (QED) is 0.849. The lowest BCUT2D eigenvalue weighted by molar-refractivity contribution is 0.0602. The van der Waals surface area contributed by atoms with Crippen LogP contribution in [-0.2, 0) is 4.74 Å². The molecule has 1 unspecified atom stereocenters. The predicted molar refractivity (Wildman–Crippen MR) is 81.2 cm³/mol. The highest BCUT2D eigenvalue weighted by Crippen LogP contribution is 2.26. The highest BCUT2D eigenvalue weighted by molar-refractivity contribution is 6.31. The number of hydrogen-bond donors (Lipinski definition) is 1. The molecule has 0 aliphatic rings. The van der Waals surface area contributed by atoms with Gasteiger partial charge in [0.2, 0.25) is 0 Å². The molecule has 1 atom stereocenters. The SMILES string of the molecule is COC(=O)c1ccc(Cl)cc1NC(C)c1cccc(F)c1. The molecule has 21 heavy (non-hydrogen) atoms. The number of ether oxygens (including phenoxy) is 1. The fourth-order valence-corrected chi connectivity index (χ4v) is 2.19. The smallest absolute Gasteiger partial charge is 0.339 e. The van der Waals surface area contributed by atoms with Gasteiger partial charge >= 0.3 is 5.97 Å². The van der Waals surface area contributed by atoms with E-state index >= 15 is 0 Å². The van der Waals surface area contributed by atoms with Crippen LogP contribution >= 0.6 is 11.6 Å². The number of benzene rings is 2. The van der Waals surface area contributed by atoms with Gasteiger partial charge in [0.25, 0.3) is 0 Å². The number of rotatable bonds is 4. The molecule has 3 nitrogen and oxygen atoms in total. The van der Waals surface area contributed by atoms with Crippen molar-refractivity contribution in [2.75, 3.05) is 12.4 Å². The molecule has 2 aromatic carbocycles. The maximum atomic E-state index is 13.3. The molecule has 2 rings (SSSR count). The third-order valence-corrected chi connectivity index (χ3v) is 3.34. The number of carbonyl (C=O) groups is 1. The molecule has 2 aromatic rings. The summed E-state index contributed by atoms with van der Waals surface area (Å²) in [6, 6.07) is 10.9. The molecule has 0 bridgehead atoms. The summed E-state index contributed by atoms with van der Waals surface area (Å²) in [4.78, 5) is 11.8. The number of hydrogen-bond acceptors (Lipinski definition) is 3. The fraction of sp³-hybridized carbons (Fsp3) is 0.188. The van der Waals surface area contributed by atoms with Gasteiger partial charge in [-0.15, -0.1) is 0 Å². The van der Waals surface area contributed by atoms with Gasteiger partial charge in [0.1, 0.15) is 5.82 Å². The van der Waals surface area contributed by atoms with Crippen molar-refractivity contribution in [1.29, 1.82) is 0 Å². The van der Waals surface area contributed by atoms with Gasteiger partial charge in [-0.2, -0.15) is 0 Å². The van der Waals surface area contributed by atoms with E-state index in [1.807, 2.05) is 13.0 Å². The minimum absolute atomic E-state index is 0.192. The van der Waals surface area contributed by atoms with Crippen LogP contribution in [0, 0.1) is 5.82 Å². The first-order valence-corrected chi connectivity index (χ1v) is 6.79. The van der Waals surface area contributed by atoms with Crippen LogP contribution < -0.4 is 5.32 Å². The lowest BCUT2D eigenvalue weighted by Gasteiger charge is -2.18. The molecule has 0 spiro atoms. The summed E-state index contributed by atoms with van der Waals surface area (Å²) in [5, 5.41) is 3.65. The molecule has 110 valence electrons. The summed E-state index contributed by atoms with van der Waals surface area (Å²) in [7, 11) is 1.32. The number of methoxy groups -OCH3 is 1. The van der Waals surface area contributed by atoms with Gasteiger partial charge in [0.15, 0.2) is 0 Å². The molecule has 0 aliphatic heterocycles. The van der Waals surface area contributed by atoms with Crippen molar-refractivity contribution in [3.8, 4) is 0 Å². The number of esters is 1. The van der Waals surface area contributed by atoms with Gasteiger partial charge in [-0.25, -0.2) is 9.18 Å². The van der Waals surface area contributed by atoms with E-state index in [1.165, 1.54) is 19.2 Å². The Balaban J connectivity index is 2.30. The topological polar surface area (TPSA) is 38.3 Å². The van der Waals surface area contributed by atoms with Crippen LogP contribution in [0.15, 0.2) is 42.5 Å². The zero-order valence-corrected chi connectivity index (χ0v) is 12.4. The second-order valence-electron chi connectivity index (χ2n) is 4.60. The van der Waals surface area contributed by atoms with Crippen molar-refractivity contribution >= 4 is 23.3 Å². The molecule has 5 heteroatoms. The first-order chi connectivity index (χ1) is 10.0. The summed E-state index contributed by atoms with van der Waals surface area (Å²) in [5.41, 5.74) is 1.70. The van der Waals surface area contributed by atoms with Gasteiger partial charge in [-0.05, 0) is 42.8 Å². The zero-order chi connectivity index (χ0) is 15.4. The Kier molecular flexibility index (Phi) is 4.81. The summed E-state index contributed by atoms with van der Waals surface area (Å²) in [6.07, 6.45) is 0. The minimum Gasteiger partial charge on any atom is -0.465 e. The van der Waals surface area contributed by atoms with E-state index in [-0.39, 0.29) is 11.9 Å². The van der Waals surface area contributed by atoms with Crippen LogP contribution in [0.2, 0.25) is 5.02 Å². The number of nitrogens with one attached hydrogen (secondary N) is 1. The molecular weight excluding hydrogens is 293 g/mol. The average molecular weight is 308 g/mol. The van der Waals surface area contributed by atoms with E-state index in [1.54, 1.807) is 24.3 Å². The number of carbonyl (C=O) groups excluding carboxylic acids is 1. The van der Waals surface area contributed by atoms with Crippen molar-refractivity contribution in [1.82, 2.24) is 0 Å². The molecule has 0 aromatic heterocycles. The van der Waals surface area contributed by atoms with Crippen molar-refractivity contribution < 1.29 is 13.9 Å². The standard InChI is InChI=1S/C16H15ClFNO2/c1-10(11-4-3-5-13(18)8-11)19-15-9-12(17)6-7-14(15)16(20)21-2/h3-10,19H,1-2H3. The van der Waals surface area contributed by atoms with Gasteiger partial charge < -0.3 is 10.1 Å². The van der Waals surface area contributed by atoms with Crippen molar-refractivity contribution in [3.05, 3.63) is 64.4 Å². The first kappa shape index (κ1) is 15.3. The molecule has 0 radical (unpaired) electrons. The van der Waals surface area contributed by atoms with Crippen LogP contribution in [0.4, 0.5) is 10.1 Å². The Bertz CT molecular complexity index is 660. The van der Waals surface area contributed by atoms with Crippen molar-refractivity contribution in [2.24, 2.45) is 0 Å². The summed E-state index contributed by atoms with van der Waals surface area (Å²) in [5.74, 6) is -0.763. The first-order valence-electron chi connectivity index (χ1n) is 6.41. The van der Waals surface area contributed by atoms with E-state index in [4.69, 9.17) is 16.3 Å². The Morgan fingerprint density at radius 1 is 1.29 bits per heavy atom. The summed E-state index contributed by atoms with van der Waals surface area (Å²) < 4.78 is 18.0. The molecule has 0 aliphatic carbocycles. The molecule has 0 heterocycles. The maximum absolute atomic E-state index is 13.3. The van der Waals surface area contributed by atoms with Crippen molar-refractivity contribution in [2.45, 2.75) is 13.0 Å². The maximum Gasteiger partial charge on any atom is 0.339 e. The molecular formula is C16H15ClFNO2. The normalized spacial score (nSPS) is 11.8. The van der Waals surface area contributed by atoms with Gasteiger partial charge in [-0.1, -0.05) is 23.7 Å². The number of halogens is 2. The molecule has 0 saturated carbocycles. The van der Waals surface area contributed by atoms with E-state index in [0.717, 1.165) is 5.56 Å². The van der Waals surface area contributed by atoms with Crippen molar-refractivity contribution in [3.63, 3.8) is 0 Å². The highest BCUT2D eigenvalue weighted by atomic mass is 35.5. The van der Waals surface area contributed by atoms with Gasteiger partial charge in [-0.3, -0.25) is 0 Å². The molecule has 0 fully saturated rings.